The third kappa shape index (κ3) is 14.9. The highest BCUT2D eigenvalue weighted by Gasteiger charge is 2.22. The summed E-state index contributed by atoms with van der Waals surface area (Å²) in [5, 5.41) is 11.5. The predicted molar refractivity (Wildman–Crippen MR) is 232 cm³/mol. The van der Waals surface area contributed by atoms with Crippen molar-refractivity contribution in [3.8, 4) is 23.0 Å². The summed E-state index contributed by atoms with van der Waals surface area (Å²) in [4.78, 5) is 0. The first-order valence-corrected chi connectivity index (χ1v) is 21.9. The number of phenolic OH excluding ortho intramolecular Hbond substituents is 1. The first-order valence-electron chi connectivity index (χ1n) is 21.9. The van der Waals surface area contributed by atoms with Crippen molar-refractivity contribution in [2.24, 2.45) is 0 Å². The van der Waals surface area contributed by atoms with Gasteiger partial charge in [-0.2, -0.15) is 0 Å². The van der Waals surface area contributed by atoms with Crippen LogP contribution in [0.5, 0.6) is 23.0 Å². The van der Waals surface area contributed by atoms with Crippen LogP contribution in [-0.2, 0) is 38.5 Å². The van der Waals surface area contributed by atoms with Gasteiger partial charge in [0, 0.05) is 24.8 Å². The van der Waals surface area contributed by atoms with Crippen molar-refractivity contribution >= 4 is 0 Å². The molecule has 4 heteroatoms. The summed E-state index contributed by atoms with van der Waals surface area (Å²) in [5.74, 6) is 3.21. The molecule has 0 aliphatic heterocycles. The fourth-order valence-corrected chi connectivity index (χ4v) is 7.76. The highest BCUT2D eigenvalue weighted by Crippen LogP contribution is 2.32. The van der Waals surface area contributed by atoms with Gasteiger partial charge >= 0.3 is 0 Å². The van der Waals surface area contributed by atoms with Crippen molar-refractivity contribution in [1.82, 2.24) is 0 Å². The van der Waals surface area contributed by atoms with Gasteiger partial charge in [-0.15, -0.1) is 0 Å². The lowest BCUT2D eigenvalue weighted by Crippen LogP contribution is -2.23. The molecule has 0 aliphatic carbocycles. The average molecular weight is 749 g/mol. The topological polar surface area (TPSA) is 47.9 Å². The zero-order valence-electron chi connectivity index (χ0n) is 35.2. The van der Waals surface area contributed by atoms with Crippen LogP contribution in [0.3, 0.4) is 0 Å². The zero-order chi connectivity index (χ0) is 39.3. The van der Waals surface area contributed by atoms with E-state index >= 15 is 0 Å². The molecule has 0 radical (unpaired) electrons. The Morgan fingerprint density at radius 3 is 1.16 bits per heavy atom. The smallest absolute Gasteiger partial charge is 0.122 e. The molecule has 300 valence electrons. The number of phenols is 1. The number of hydrogen-bond acceptors (Lipinski definition) is 4. The molecule has 4 aromatic carbocycles. The van der Waals surface area contributed by atoms with Crippen molar-refractivity contribution in [2.75, 3.05) is 0 Å². The Labute approximate surface area is 335 Å². The number of aryl methyl sites for hydroxylation is 3. The Hall–Kier alpha value is -3.92. The monoisotopic (exact) mass is 749 g/mol. The number of aromatic hydroxyl groups is 1. The first-order chi connectivity index (χ1) is 26.8. The fraction of sp³-hybridized carbons (Fsp3) is 0.529. The second-order valence-corrected chi connectivity index (χ2v) is 15.9. The molecule has 4 nitrogen and oxygen atoms in total. The van der Waals surface area contributed by atoms with Crippen LogP contribution in [0.4, 0.5) is 0 Å². The van der Waals surface area contributed by atoms with E-state index in [0.717, 1.165) is 54.1 Å². The van der Waals surface area contributed by atoms with Gasteiger partial charge in [-0.25, -0.2) is 0 Å². The lowest BCUT2D eigenvalue weighted by Gasteiger charge is -2.25. The molecule has 55 heavy (non-hydrogen) atoms. The molecule has 0 aliphatic rings. The Balaban J connectivity index is 1.58. The van der Waals surface area contributed by atoms with Crippen molar-refractivity contribution in [2.45, 2.75) is 175 Å². The number of hydrogen-bond donors (Lipinski definition) is 1. The highest BCUT2D eigenvalue weighted by molar-refractivity contribution is 5.46. The van der Waals surface area contributed by atoms with Crippen LogP contribution >= 0.6 is 0 Å². The van der Waals surface area contributed by atoms with E-state index in [1.54, 1.807) is 0 Å². The minimum absolute atomic E-state index is 0.0544. The second kappa shape index (κ2) is 24.6. The third-order valence-electron chi connectivity index (χ3n) is 10.8. The molecule has 0 amide bonds. The van der Waals surface area contributed by atoms with Gasteiger partial charge < -0.3 is 19.3 Å². The van der Waals surface area contributed by atoms with Gasteiger partial charge in [0.15, 0.2) is 0 Å². The van der Waals surface area contributed by atoms with E-state index in [-0.39, 0.29) is 18.3 Å². The maximum absolute atomic E-state index is 11.5. The molecule has 0 saturated carbocycles. The lowest BCUT2D eigenvalue weighted by atomic mass is 9.90. The van der Waals surface area contributed by atoms with Crippen LogP contribution < -0.4 is 14.2 Å². The molecule has 0 bridgehead atoms. The van der Waals surface area contributed by atoms with Gasteiger partial charge in [0.25, 0.3) is 0 Å². The number of unbranched alkanes of at least 4 members (excludes halogenated alkanes) is 9. The largest absolute Gasteiger partial charge is 0.508 e. The normalized spacial score (nSPS) is 13.0. The summed E-state index contributed by atoms with van der Waals surface area (Å²) in [7, 11) is 0. The van der Waals surface area contributed by atoms with Crippen molar-refractivity contribution in [3.63, 3.8) is 0 Å². The lowest BCUT2D eigenvalue weighted by molar-refractivity contribution is 0.208. The molecule has 0 fully saturated rings. The molecule has 0 heterocycles. The number of ether oxygens (including phenoxy) is 3. The fourth-order valence-electron chi connectivity index (χ4n) is 7.76. The van der Waals surface area contributed by atoms with Gasteiger partial charge in [0.05, 0.1) is 12.2 Å². The Morgan fingerprint density at radius 1 is 0.400 bits per heavy atom. The molecular formula is C51H72O4. The van der Waals surface area contributed by atoms with E-state index < -0.39 is 0 Å². The van der Waals surface area contributed by atoms with Gasteiger partial charge in [-0.3, -0.25) is 0 Å². The molecule has 4 aromatic rings. The summed E-state index contributed by atoms with van der Waals surface area (Å²) >= 11 is 0. The average Bonchev–Trinajstić information content (AvgIpc) is 3.18. The van der Waals surface area contributed by atoms with Gasteiger partial charge in [-0.05, 0) is 111 Å². The van der Waals surface area contributed by atoms with Crippen LogP contribution in [0.2, 0.25) is 0 Å². The van der Waals surface area contributed by atoms with Crippen LogP contribution in [0.1, 0.15) is 152 Å². The standard InChI is InChI=1S/C51H72O4/c1-7-10-13-16-25-42-28-19-22-31-49(42)53-39(4)36-45-34-35-48(52)47(38-41(6)55-51-33-24-21-30-44(51)27-18-15-12-9-3)46(45)37-40(5)54-50-32-23-20-29-43(50)26-17-14-11-8-2/h19-24,28-35,39-41,52H,7-18,25-27,36-38H2,1-6H3. The summed E-state index contributed by atoms with van der Waals surface area (Å²) < 4.78 is 20.1. The number of rotatable bonds is 27. The predicted octanol–water partition coefficient (Wildman–Crippen LogP) is 13.8. The second-order valence-electron chi connectivity index (χ2n) is 15.9. The maximum Gasteiger partial charge on any atom is 0.122 e. The number of benzene rings is 4. The Kier molecular flexibility index (Phi) is 19.6. The van der Waals surface area contributed by atoms with E-state index in [1.807, 2.05) is 6.07 Å². The van der Waals surface area contributed by atoms with E-state index in [2.05, 4.69) is 120 Å². The van der Waals surface area contributed by atoms with Crippen LogP contribution in [-0.4, -0.2) is 23.4 Å². The van der Waals surface area contributed by atoms with Gasteiger partial charge in [-0.1, -0.05) is 139 Å². The molecule has 4 rings (SSSR count). The Bertz CT molecular complexity index is 1660. The summed E-state index contributed by atoms with van der Waals surface area (Å²) in [6, 6.07) is 29.5. The van der Waals surface area contributed by atoms with E-state index in [1.165, 1.54) is 99.3 Å². The molecule has 3 unspecified atom stereocenters. The van der Waals surface area contributed by atoms with E-state index in [9.17, 15) is 5.11 Å². The van der Waals surface area contributed by atoms with Gasteiger partial charge in [0.1, 0.15) is 29.1 Å². The van der Waals surface area contributed by atoms with E-state index in [0.29, 0.717) is 18.6 Å². The summed E-state index contributed by atoms with van der Waals surface area (Å²) in [6.07, 6.45) is 19.5. The summed E-state index contributed by atoms with van der Waals surface area (Å²) in [5.41, 5.74) is 7.08. The van der Waals surface area contributed by atoms with Crippen LogP contribution in [0, 0.1) is 0 Å². The van der Waals surface area contributed by atoms with Crippen molar-refractivity contribution in [1.29, 1.82) is 0 Å². The maximum atomic E-state index is 11.5. The Morgan fingerprint density at radius 2 is 0.764 bits per heavy atom. The molecule has 0 aromatic heterocycles. The minimum Gasteiger partial charge on any atom is -0.508 e. The van der Waals surface area contributed by atoms with Crippen molar-refractivity contribution < 1.29 is 19.3 Å². The van der Waals surface area contributed by atoms with E-state index in [4.69, 9.17) is 14.2 Å². The first kappa shape index (κ1) is 43.8. The molecule has 3 atom stereocenters. The molecular weight excluding hydrogens is 677 g/mol. The quantitative estimate of drug-likeness (QED) is 0.0617. The van der Waals surface area contributed by atoms with Gasteiger partial charge in [0.2, 0.25) is 0 Å². The highest BCUT2D eigenvalue weighted by atomic mass is 16.5. The van der Waals surface area contributed by atoms with Crippen LogP contribution in [0.25, 0.3) is 0 Å². The molecule has 0 saturated heterocycles. The SMILES string of the molecule is CCCCCCc1ccccc1OC(C)Cc1ccc(O)c(CC(C)Oc2ccccc2CCCCCC)c1CC(C)Oc1ccccc1CCCCCC. The summed E-state index contributed by atoms with van der Waals surface area (Å²) in [6.45, 7) is 13.2. The number of para-hydroxylation sites is 3. The minimum atomic E-state index is -0.134. The molecule has 1 N–H and O–H groups in total. The van der Waals surface area contributed by atoms with Crippen LogP contribution in [0.15, 0.2) is 84.9 Å². The van der Waals surface area contributed by atoms with Crippen molar-refractivity contribution in [3.05, 3.63) is 118 Å². The molecule has 0 spiro atoms. The third-order valence-corrected chi connectivity index (χ3v) is 10.8. The zero-order valence-corrected chi connectivity index (χ0v) is 35.2.